The second-order valence-electron chi connectivity index (χ2n) is 5.13. The van der Waals surface area contributed by atoms with Crippen LogP contribution in [0.15, 0.2) is 42.7 Å². The third-order valence-corrected chi connectivity index (χ3v) is 3.40. The van der Waals surface area contributed by atoms with E-state index >= 15 is 0 Å². The zero-order valence-electron chi connectivity index (χ0n) is 12.2. The fourth-order valence-corrected chi connectivity index (χ4v) is 2.15. The van der Waals surface area contributed by atoms with Gasteiger partial charge < -0.3 is 10.4 Å². The number of rotatable bonds is 7. The summed E-state index contributed by atoms with van der Waals surface area (Å²) in [6, 6.07) is 10.2. The van der Waals surface area contributed by atoms with E-state index in [2.05, 4.69) is 24.3 Å². The van der Waals surface area contributed by atoms with E-state index < -0.39 is 0 Å². The Morgan fingerprint density at radius 3 is 2.75 bits per heavy atom. The van der Waals surface area contributed by atoms with Gasteiger partial charge in [-0.25, -0.2) is 4.68 Å². The molecule has 0 amide bonds. The Morgan fingerprint density at radius 2 is 2.05 bits per heavy atom. The fourth-order valence-electron chi connectivity index (χ4n) is 2.15. The van der Waals surface area contributed by atoms with Gasteiger partial charge in [0.1, 0.15) is 0 Å². The minimum atomic E-state index is -0.272. The Kier molecular flexibility index (Phi) is 5.32. The van der Waals surface area contributed by atoms with Crippen molar-refractivity contribution in [3.8, 4) is 5.69 Å². The number of aromatic nitrogens is 2. The second-order valence-corrected chi connectivity index (χ2v) is 5.13. The van der Waals surface area contributed by atoms with Crippen LogP contribution in [0, 0.1) is 0 Å². The maximum atomic E-state index is 9.74. The standard InChI is InChI=1S/C16H23N3O/c1-3-7-16(20)11-17-13(2)14-10-18-19(12-14)15-8-5-4-6-9-15/h4-6,8-10,12-13,16-17,20H,3,7,11H2,1-2H3. The van der Waals surface area contributed by atoms with Gasteiger partial charge in [-0.05, 0) is 25.5 Å². The van der Waals surface area contributed by atoms with Crippen LogP contribution in [-0.2, 0) is 0 Å². The first-order valence-electron chi connectivity index (χ1n) is 7.22. The Morgan fingerprint density at radius 1 is 1.30 bits per heavy atom. The van der Waals surface area contributed by atoms with E-state index in [0.29, 0.717) is 6.54 Å². The molecule has 2 N–H and O–H groups in total. The molecule has 2 unspecified atom stereocenters. The van der Waals surface area contributed by atoms with Crippen molar-refractivity contribution in [3.63, 3.8) is 0 Å². The molecule has 2 aromatic rings. The number of aliphatic hydroxyl groups is 1. The average molecular weight is 273 g/mol. The summed E-state index contributed by atoms with van der Waals surface area (Å²) in [5, 5.41) is 17.5. The average Bonchev–Trinajstić information content (AvgIpc) is 2.96. The van der Waals surface area contributed by atoms with Gasteiger partial charge in [-0.1, -0.05) is 31.5 Å². The van der Waals surface area contributed by atoms with Gasteiger partial charge in [0.2, 0.25) is 0 Å². The Labute approximate surface area is 120 Å². The fraction of sp³-hybridized carbons (Fsp3) is 0.438. The lowest BCUT2D eigenvalue weighted by Gasteiger charge is -2.15. The molecular formula is C16H23N3O. The molecule has 2 rings (SSSR count). The van der Waals surface area contributed by atoms with E-state index in [9.17, 15) is 5.11 Å². The second kappa shape index (κ2) is 7.22. The zero-order valence-corrected chi connectivity index (χ0v) is 12.2. The van der Waals surface area contributed by atoms with Crippen molar-refractivity contribution >= 4 is 0 Å². The first-order valence-corrected chi connectivity index (χ1v) is 7.22. The largest absolute Gasteiger partial charge is 0.392 e. The van der Waals surface area contributed by atoms with E-state index in [1.54, 1.807) is 0 Å². The van der Waals surface area contributed by atoms with Gasteiger partial charge in [-0.15, -0.1) is 0 Å². The van der Waals surface area contributed by atoms with Gasteiger partial charge in [0.25, 0.3) is 0 Å². The van der Waals surface area contributed by atoms with Crippen molar-refractivity contribution in [3.05, 3.63) is 48.3 Å². The van der Waals surface area contributed by atoms with Crippen LogP contribution in [-0.4, -0.2) is 27.5 Å². The molecule has 1 heterocycles. The van der Waals surface area contributed by atoms with Crippen LogP contribution >= 0.6 is 0 Å². The minimum Gasteiger partial charge on any atom is -0.392 e. The van der Waals surface area contributed by atoms with Gasteiger partial charge in [0, 0.05) is 24.3 Å². The van der Waals surface area contributed by atoms with Crippen molar-refractivity contribution in [2.24, 2.45) is 0 Å². The Balaban J connectivity index is 1.95. The summed E-state index contributed by atoms with van der Waals surface area (Å²) in [6.45, 7) is 4.78. The minimum absolute atomic E-state index is 0.180. The molecule has 0 saturated carbocycles. The first kappa shape index (κ1) is 14.8. The molecule has 0 bridgehead atoms. The number of nitrogens with one attached hydrogen (secondary N) is 1. The van der Waals surface area contributed by atoms with E-state index in [4.69, 9.17) is 0 Å². The highest BCUT2D eigenvalue weighted by molar-refractivity contribution is 5.31. The van der Waals surface area contributed by atoms with Crippen LogP contribution in [0.3, 0.4) is 0 Å². The topological polar surface area (TPSA) is 50.1 Å². The highest BCUT2D eigenvalue weighted by Crippen LogP contribution is 2.14. The molecule has 0 aliphatic rings. The van der Waals surface area contributed by atoms with Crippen LogP contribution in [0.1, 0.15) is 38.3 Å². The monoisotopic (exact) mass is 273 g/mol. The Hall–Kier alpha value is -1.65. The molecule has 0 spiro atoms. The number of para-hydroxylation sites is 1. The molecule has 0 aliphatic heterocycles. The summed E-state index contributed by atoms with van der Waals surface area (Å²) in [5.41, 5.74) is 2.18. The third kappa shape index (κ3) is 3.92. The molecule has 2 atom stereocenters. The van der Waals surface area contributed by atoms with Gasteiger partial charge in [0.15, 0.2) is 0 Å². The predicted octanol–water partition coefficient (Wildman–Crippen LogP) is 2.68. The quantitative estimate of drug-likeness (QED) is 0.815. The highest BCUT2D eigenvalue weighted by Gasteiger charge is 2.10. The van der Waals surface area contributed by atoms with Crippen LogP contribution in [0.2, 0.25) is 0 Å². The summed E-state index contributed by atoms with van der Waals surface area (Å²) in [6.07, 6.45) is 5.47. The van der Waals surface area contributed by atoms with Crippen LogP contribution in [0.4, 0.5) is 0 Å². The molecule has 4 heteroatoms. The summed E-state index contributed by atoms with van der Waals surface area (Å²) in [4.78, 5) is 0. The van der Waals surface area contributed by atoms with Crippen LogP contribution in [0.25, 0.3) is 5.69 Å². The number of nitrogens with zero attached hydrogens (tertiary/aromatic N) is 2. The lowest BCUT2D eigenvalue weighted by atomic mass is 10.1. The maximum Gasteiger partial charge on any atom is 0.0664 e. The SMILES string of the molecule is CCCC(O)CNC(C)c1cnn(-c2ccccc2)c1. The van der Waals surface area contributed by atoms with Crippen molar-refractivity contribution in [1.29, 1.82) is 0 Å². The number of benzene rings is 1. The summed E-state index contributed by atoms with van der Waals surface area (Å²) >= 11 is 0. The predicted molar refractivity (Wildman–Crippen MR) is 80.9 cm³/mol. The summed E-state index contributed by atoms with van der Waals surface area (Å²) in [7, 11) is 0. The smallest absolute Gasteiger partial charge is 0.0664 e. The summed E-state index contributed by atoms with van der Waals surface area (Å²) < 4.78 is 1.87. The van der Waals surface area contributed by atoms with Crippen molar-refractivity contribution in [1.82, 2.24) is 15.1 Å². The molecule has 108 valence electrons. The zero-order chi connectivity index (χ0) is 14.4. The Bertz CT molecular complexity index is 509. The number of aliphatic hydroxyl groups excluding tert-OH is 1. The third-order valence-electron chi connectivity index (χ3n) is 3.40. The molecule has 20 heavy (non-hydrogen) atoms. The lowest BCUT2D eigenvalue weighted by Crippen LogP contribution is -2.28. The summed E-state index contributed by atoms with van der Waals surface area (Å²) in [5.74, 6) is 0. The lowest BCUT2D eigenvalue weighted by molar-refractivity contribution is 0.157. The molecule has 1 aromatic heterocycles. The van der Waals surface area contributed by atoms with Crippen LogP contribution < -0.4 is 5.32 Å². The van der Waals surface area contributed by atoms with Gasteiger partial charge in [0.05, 0.1) is 18.0 Å². The number of hydrogen-bond acceptors (Lipinski definition) is 3. The molecule has 0 fully saturated rings. The van der Waals surface area contributed by atoms with E-state index in [0.717, 1.165) is 24.1 Å². The molecule has 0 radical (unpaired) electrons. The molecule has 0 aliphatic carbocycles. The van der Waals surface area contributed by atoms with Gasteiger partial charge in [-0.3, -0.25) is 0 Å². The molecule has 4 nitrogen and oxygen atoms in total. The van der Waals surface area contributed by atoms with Crippen molar-refractivity contribution in [2.75, 3.05) is 6.54 Å². The number of hydrogen-bond donors (Lipinski definition) is 2. The van der Waals surface area contributed by atoms with Gasteiger partial charge >= 0.3 is 0 Å². The molecule has 1 aromatic carbocycles. The highest BCUT2D eigenvalue weighted by atomic mass is 16.3. The molecular weight excluding hydrogens is 250 g/mol. The maximum absolute atomic E-state index is 9.74. The van der Waals surface area contributed by atoms with Crippen molar-refractivity contribution < 1.29 is 5.11 Å². The molecule has 0 saturated heterocycles. The normalized spacial score (nSPS) is 14.2. The van der Waals surface area contributed by atoms with E-state index in [1.807, 2.05) is 47.4 Å². The first-order chi connectivity index (χ1) is 9.70. The van der Waals surface area contributed by atoms with Crippen LogP contribution in [0.5, 0.6) is 0 Å². The van der Waals surface area contributed by atoms with Gasteiger partial charge in [-0.2, -0.15) is 5.10 Å². The van der Waals surface area contributed by atoms with E-state index in [-0.39, 0.29) is 12.1 Å². The van der Waals surface area contributed by atoms with E-state index in [1.165, 1.54) is 0 Å². The van der Waals surface area contributed by atoms with Crippen molar-refractivity contribution in [2.45, 2.75) is 38.8 Å².